The Balaban J connectivity index is 1.70. The highest BCUT2D eigenvalue weighted by molar-refractivity contribution is 7.89. The van der Waals surface area contributed by atoms with Crippen molar-refractivity contribution in [2.75, 3.05) is 19.3 Å². The van der Waals surface area contributed by atoms with E-state index in [-0.39, 0.29) is 17.4 Å². The largest absolute Gasteiger partial charge is 0.301 e. The third-order valence-electron chi connectivity index (χ3n) is 7.47. The van der Waals surface area contributed by atoms with E-state index in [0.717, 1.165) is 68.1 Å². The zero-order valence-electron chi connectivity index (χ0n) is 20.9. The molecule has 1 saturated carbocycles. The van der Waals surface area contributed by atoms with Gasteiger partial charge in [0.15, 0.2) is 5.65 Å². The smallest absolute Gasteiger partial charge is 0.283 e. The lowest BCUT2D eigenvalue weighted by atomic mass is 9.79. The van der Waals surface area contributed by atoms with Gasteiger partial charge in [0.1, 0.15) is 11.5 Å². The molecule has 1 saturated heterocycles. The van der Waals surface area contributed by atoms with Crippen LogP contribution in [0.3, 0.4) is 0 Å². The molecule has 1 amide bonds. The van der Waals surface area contributed by atoms with Gasteiger partial charge in [0.25, 0.3) is 5.91 Å². The zero-order valence-corrected chi connectivity index (χ0v) is 21.7. The van der Waals surface area contributed by atoms with Gasteiger partial charge in [-0.25, -0.2) is 27.2 Å². The van der Waals surface area contributed by atoms with E-state index in [1.807, 2.05) is 0 Å². The fourth-order valence-corrected chi connectivity index (χ4v) is 5.73. The molecule has 2 aliphatic rings. The number of rotatable bonds is 6. The first-order valence-electron chi connectivity index (χ1n) is 12.6. The van der Waals surface area contributed by atoms with Crippen LogP contribution in [0.4, 0.5) is 4.39 Å². The molecule has 0 spiro atoms. The van der Waals surface area contributed by atoms with Gasteiger partial charge in [-0.3, -0.25) is 4.79 Å². The van der Waals surface area contributed by atoms with E-state index in [2.05, 4.69) is 28.5 Å². The van der Waals surface area contributed by atoms with Gasteiger partial charge in [0.05, 0.1) is 17.6 Å². The molecule has 192 valence electrons. The van der Waals surface area contributed by atoms with Crippen molar-refractivity contribution in [1.82, 2.24) is 24.4 Å². The molecule has 1 aromatic carbocycles. The average molecular weight is 514 g/mol. The number of nitrogens with zero attached hydrogens (tertiary/aromatic N) is 4. The molecule has 8 nitrogen and oxygen atoms in total. The molecule has 1 N–H and O–H groups in total. The molecule has 0 bridgehead atoms. The lowest BCUT2D eigenvalue weighted by Gasteiger charge is -2.35. The lowest BCUT2D eigenvalue weighted by molar-refractivity contribution is 0.0977. The second kappa shape index (κ2) is 9.55. The summed E-state index contributed by atoms with van der Waals surface area (Å²) in [5, 5.41) is 5.90. The number of hydrogen-bond donors (Lipinski definition) is 1. The summed E-state index contributed by atoms with van der Waals surface area (Å²) in [6.07, 6.45) is 6.02. The van der Waals surface area contributed by atoms with Crippen LogP contribution in [0.15, 0.2) is 30.3 Å². The van der Waals surface area contributed by atoms with E-state index in [1.165, 1.54) is 12.1 Å². The normalized spacial score (nSPS) is 18.0. The van der Waals surface area contributed by atoms with Crippen molar-refractivity contribution >= 4 is 27.0 Å². The van der Waals surface area contributed by atoms with Gasteiger partial charge in [-0.05, 0) is 94.4 Å². The average Bonchev–Trinajstić information content (AvgIpc) is 3.16. The lowest BCUT2D eigenvalue weighted by Crippen LogP contribution is -2.38. The maximum atomic E-state index is 13.7. The van der Waals surface area contributed by atoms with Crippen LogP contribution < -0.4 is 4.72 Å². The van der Waals surface area contributed by atoms with E-state index >= 15 is 0 Å². The van der Waals surface area contributed by atoms with Crippen molar-refractivity contribution in [3.63, 3.8) is 0 Å². The number of likely N-dealkylation sites (tertiary alicyclic amines) is 1. The van der Waals surface area contributed by atoms with Gasteiger partial charge in [0.2, 0.25) is 10.0 Å². The Kier molecular flexibility index (Phi) is 6.59. The first-order valence-corrected chi connectivity index (χ1v) is 14.5. The maximum Gasteiger partial charge on any atom is 0.283 e. The van der Waals surface area contributed by atoms with Crippen LogP contribution in [0.25, 0.3) is 16.7 Å². The molecule has 1 aliphatic carbocycles. The van der Waals surface area contributed by atoms with Crippen molar-refractivity contribution < 1.29 is 17.6 Å². The van der Waals surface area contributed by atoms with Crippen molar-refractivity contribution in [2.24, 2.45) is 0 Å². The van der Waals surface area contributed by atoms with Gasteiger partial charge < -0.3 is 4.90 Å². The number of benzene rings is 1. The quantitative estimate of drug-likeness (QED) is 0.533. The minimum atomic E-state index is -3.76. The predicted molar refractivity (Wildman–Crippen MR) is 136 cm³/mol. The molecule has 0 radical (unpaired) electrons. The SMILES string of the molecule is CC(C)N1CCC(c2cc(C(=O)NS(C)(=O)=O)nc3c2c(C2CCC2)nn3-c2ccc(F)cc2)CC1. The number of fused-ring (bicyclic) bond motifs is 1. The summed E-state index contributed by atoms with van der Waals surface area (Å²) in [5.74, 6) is -0.619. The van der Waals surface area contributed by atoms with E-state index in [9.17, 15) is 17.6 Å². The molecule has 0 atom stereocenters. The van der Waals surface area contributed by atoms with Crippen molar-refractivity contribution in [3.05, 3.63) is 53.1 Å². The summed E-state index contributed by atoms with van der Waals surface area (Å²) in [6, 6.07) is 8.24. The second-order valence-electron chi connectivity index (χ2n) is 10.3. The Morgan fingerprint density at radius 1 is 1.08 bits per heavy atom. The van der Waals surface area contributed by atoms with Gasteiger partial charge in [-0.15, -0.1) is 0 Å². The third-order valence-corrected chi connectivity index (χ3v) is 8.03. The minimum Gasteiger partial charge on any atom is -0.301 e. The highest BCUT2D eigenvalue weighted by Gasteiger charge is 2.32. The van der Waals surface area contributed by atoms with Gasteiger partial charge in [-0.1, -0.05) is 6.42 Å². The van der Waals surface area contributed by atoms with Gasteiger partial charge >= 0.3 is 0 Å². The van der Waals surface area contributed by atoms with Gasteiger partial charge in [-0.2, -0.15) is 5.10 Å². The summed E-state index contributed by atoms with van der Waals surface area (Å²) in [5.41, 5.74) is 3.14. The topological polar surface area (TPSA) is 97.2 Å². The highest BCUT2D eigenvalue weighted by Crippen LogP contribution is 2.43. The molecule has 36 heavy (non-hydrogen) atoms. The van der Waals surface area contributed by atoms with Crippen LogP contribution in [0, 0.1) is 5.82 Å². The van der Waals surface area contributed by atoms with E-state index < -0.39 is 15.9 Å². The molecule has 0 unspecified atom stereocenters. The molecule has 2 fully saturated rings. The molecule has 10 heteroatoms. The summed E-state index contributed by atoms with van der Waals surface area (Å²) < 4.78 is 41.0. The molecule has 3 heterocycles. The number of amides is 1. The minimum absolute atomic E-state index is 0.0395. The molecular weight excluding hydrogens is 481 g/mol. The number of halogens is 1. The molecule has 2 aromatic heterocycles. The number of carbonyl (C=O) groups is 1. The number of carbonyl (C=O) groups excluding carboxylic acids is 1. The monoisotopic (exact) mass is 513 g/mol. The van der Waals surface area contributed by atoms with Crippen LogP contribution in [0.2, 0.25) is 0 Å². The standard InChI is InChI=1S/C26H32FN5O3S/c1-16(2)31-13-11-17(12-14-31)21-15-22(26(33)30-36(3,34)35)28-25-23(21)24(18-5-4-6-18)29-32(25)20-9-7-19(27)8-10-20/h7-10,15-18H,4-6,11-14H2,1-3H3,(H,30,33). The first kappa shape index (κ1) is 24.8. The van der Waals surface area contributed by atoms with Crippen LogP contribution in [-0.2, 0) is 10.0 Å². The van der Waals surface area contributed by atoms with Crippen molar-refractivity contribution in [1.29, 1.82) is 0 Å². The molecule has 3 aromatic rings. The van der Waals surface area contributed by atoms with Crippen molar-refractivity contribution in [2.45, 2.75) is 63.8 Å². The van der Waals surface area contributed by atoms with E-state index in [0.29, 0.717) is 23.3 Å². The Labute approximate surface area is 210 Å². The van der Waals surface area contributed by atoms with Crippen molar-refractivity contribution in [3.8, 4) is 5.69 Å². The van der Waals surface area contributed by atoms with Crippen LogP contribution >= 0.6 is 0 Å². The maximum absolute atomic E-state index is 13.7. The third kappa shape index (κ3) is 4.88. The van der Waals surface area contributed by atoms with Crippen LogP contribution in [0.5, 0.6) is 0 Å². The predicted octanol–water partition coefficient (Wildman–Crippen LogP) is 4.10. The summed E-state index contributed by atoms with van der Waals surface area (Å²) in [7, 11) is -3.76. The Hall–Kier alpha value is -2.85. The Morgan fingerprint density at radius 2 is 1.75 bits per heavy atom. The summed E-state index contributed by atoms with van der Waals surface area (Å²) in [6.45, 7) is 6.28. The summed E-state index contributed by atoms with van der Waals surface area (Å²) in [4.78, 5) is 20.0. The molecule has 5 rings (SSSR count). The number of piperidine rings is 1. The number of nitrogens with one attached hydrogen (secondary N) is 1. The molecule has 1 aliphatic heterocycles. The van der Waals surface area contributed by atoms with Gasteiger partial charge in [0, 0.05) is 17.3 Å². The highest BCUT2D eigenvalue weighted by atomic mass is 32.2. The van der Waals surface area contributed by atoms with Crippen LogP contribution in [0.1, 0.15) is 79.5 Å². The number of sulfonamides is 1. The fourth-order valence-electron chi connectivity index (χ4n) is 5.29. The van der Waals surface area contributed by atoms with E-state index in [1.54, 1.807) is 22.9 Å². The van der Waals surface area contributed by atoms with Crippen LogP contribution in [-0.4, -0.2) is 59.4 Å². The zero-order chi connectivity index (χ0) is 25.6. The number of pyridine rings is 1. The number of hydrogen-bond acceptors (Lipinski definition) is 6. The number of aromatic nitrogens is 3. The fraction of sp³-hybridized carbons (Fsp3) is 0.500. The summed E-state index contributed by atoms with van der Waals surface area (Å²) >= 11 is 0. The van der Waals surface area contributed by atoms with E-state index in [4.69, 9.17) is 5.10 Å². The Morgan fingerprint density at radius 3 is 2.31 bits per heavy atom. The second-order valence-corrected chi connectivity index (χ2v) is 12.1. The Bertz CT molecular complexity index is 1390. The first-order chi connectivity index (χ1) is 17.1. The molecular formula is C26H32FN5O3S.